The fraction of sp³-hybridized carbons (Fsp3) is 0.316. The van der Waals surface area contributed by atoms with Gasteiger partial charge < -0.3 is 10.1 Å². The Morgan fingerprint density at radius 2 is 1.96 bits per heavy atom. The van der Waals surface area contributed by atoms with Crippen molar-refractivity contribution in [3.05, 3.63) is 53.9 Å². The van der Waals surface area contributed by atoms with Crippen LogP contribution in [0.25, 0.3) is 6.08 Å². The molecule has 0 fully saturated rings. The topological polar surface area (TPSA) is 64.0 Å². The Labute approximate surface area is 154 Å². The highest BCUT2D eigenvalue weighted by molar-refractivity contribution is 6.01. The van der Waals surface area contributed by atoms with Crippen LogP contribution in [0.4, 0.5) is 18.9 Å². The number of anilines is 1. The average molecular weight is 379 g/mol. The molecule has 0 atom stereocenters. The van der Waals surface area contributed by atoms with Crippen LogP contribution in [-0.4, -0.2) is 21.5 Å². The van der Waals surface area contributed by atoms with Crippen LogP contribution in [0.15, 0.2) is 42.7 Å². The van der Waals surface area contributed by atoms with E-state index in [-0.39, 0.29) is 11.3 Å². The van der Waals surface area contributed by atoms with E-state index in [0.29, 0.717) is 18.7 Å². The van der Waals surface area contributed by atoms with Crippen LogP contribution in [0.2, 0.25) is 0 Å². The van der Waals surface area contributed by atoms with Crippen LogP contribution in [0.3, 0.4) is 0 Å². The third-order valence-corrected chi connectivity index (χ3v) is 3.75. The molecule has 27 heavy (non-hydrogen) atoms. The predicted octanol–water partition coefficient (Wildman–Crippen LogP) is 4.31. The zero-order valence-corrected chi connectivity index (χ0v) is 14.8. The number of ketones is 1. The molecule has 0 aliphatic rings. The zero-order chi connectivity index (χ0) is 19.9. The number of carbonyl (C=O) groups excluding carboxylic acids is 2. The Morgan fingerprint density at radius 3 is 2.67 bits per heavy atom. The number of halogens is 3. The van der Waals surface area contributed by atoms with Crippen molar-refractivity contribution in [2.24, 2.45) is 0 Å². The third kappa shape index (κ3) is 6.73. The van der Waals surface area contributed by atoms with Crippen LogP contribution < -0.4 is 5.32 Å². The maximum absolute atomic E-state index is 12.9. The number of carbonyl (C=O) groups is 2. The fourth-order valence-corrected chi connectivity index (χ4v) is 2.45. The van der Waals surface area contributed by atoms with Crippen molar-refractivity contribution < 1.29 is 22.8 Å². The molecule has 0 spiro atoms. The van der Waals surface area contributed by atoms with Crippen molar-refractivity contribution in [2.75, 3.05) is 5.32 Å². The lowest BCUT2D eigenvalue weighted by molar-refractivity contribution is -0.137. The van der Waals surface area contributed by atoms with E-state index in [4.69, 9.17) is 0 Å². The number of aryl methyl sites for hydroxylation is 1. The highest BCUT2D eigenvalue weighted by Crippen LogP contribution is 2.32. The molecule has 0 aliphatic heterocycles. The van der Waals surface area contributed by atoms with Crippen LogP contribution >= 0.6 is 0 Å². The minimum atomic E-state index is -4.49. The average Bonchev–Trinajstić information content (AvgIpc) is 3.03. The van der Waals surface area contributed by atoms with Gasteiger partial charge in [0.1, 0.15) is 5.78 Å². The SMILES string of the molecule is CC(=O)CCCCn1cc(NC(=O)/C=C\c2ccccc2C(F)(F)F)cn1. The van der Waals surface area contributed by atoms with Gasteiger partial charge in [0, 0.05) is 25.2 Å². The summed E-state index contributed by atoms with van der Waals surface area (Å²) in [5.74, 6) is -0.412. The predicted molar refractivity (Wildman–Crippen MR) is 95.9 cm³/mol. The van der Waals surface area contributed by atoms with Gasteiger partial charge in [-0.3, -0.25) is 9.48 Å². The lowest BCUT2D eigenvalue weighted by Crippen LogP contribution is -2.09. The van der Waals surface area contributed by atoms with Gasteiger partial charge in [-0.05, 0) is 37.5 Å². The van der Waals surface area contributed by atoms with Crippen molar-refractivity contribution in [1.29, 1.82) is 0 Å². The summed E-state index contributed by atoms with van der Waals surface area (Å²) in [5.41, 5.74) is -0.436. The van der Waals surface area contributed by atoms with Crippen LogP contribution in [0, 0.1) is 0 Å². The monoisotopic (exact) mass is 379 g/mol. The second-order valence-electron chi connectivity index (χ2n) is 6.06. The zero-order valence-electron chi connectivity index (χ0n) is 14.8. The Balaban J connectivity index is 1.91. The minimum absolute atomic E-state index is 0.0821. The number of Topliss-reactive ketones (excluding diaryl/α,β-unsaturated/α-hetero) is 1. The van der Waals surface area contributed by atoms with Crippen LogP contribution in [0.1, 0.15) is 37.3 Å². The van der Waals surface area contributed by atoms with Crippen LogP contribution in [0.5, 0.6) is 0 Å². The third-order valence-electron chi connectivity index (χ3n) is 3.75. The first-order valence-corrected chi connectivity index (χ1v) is 8.43. The summed E-state index contributed by atoms with van der Waals surface area (Å²) in [7, 11) is 0. The number of unbranched alkanes of at least 4 members (excludes halogenated alkanes) is 1. The largest absolute Gasteiger partial charge is 0.416 e. The van der Waals surface area contributed by atoms with Gasteiger partial charge in [0.25, 0.3) is 0 Å². The van der Waals surface area contributed by atoms with Crippen molar-refractivity contribution in [1.82, 2.24) is 9.78 Å². The molecular weight excluding hydrogens is 359 g/mol. The minimum Gasteiger partial charge on any atom is -0.320 e. The van der Waals surface area contributed by atoms with Crippen molar-refractivity contribution >= 4 is 23.5 Å². The molecule has 1 N–H and O–H groups in total. The lowest BCUT2D eigenvalue weighted by atomic mass is 10.1. The molecule has 1 aromatic carbocycles. The number of nitrogens with one attached hydrogen (secondary N) is 1. The Kier molecular flexibility index (Phi) is 6.92. The highest BCUT2D eigenvalue weighted by Gasteiger charge is 2.32. The van der Waals surface area contributed by atoms with Gasteiger partial charge >= 0.3 is 6.18 Å². The summed E-state index contributed by atoms with van der Waals surface area (Å²) in [6.45, 7) is 2.15. The van der Waals surface area contributed by atoms with Gasteiger partial charge in [-0.1, -0.05) is 18.2 Å². The maximum Gasteiger partial charge on any atom is 0.416 e. The number of hydrogen-bond donors (Lipinski definition) is 1. The van der Waals surface area contributed by atoms with E-state index in [0.717, 1.165) is 31.1 Å². The standard InChI is InChI=1S/C19H20F3N3O2/c1-14(26)6-4-5-11-25-13-16(12-23-25)24-18(27)10-9-15-7-2-3-8-17(15)19(20,21)22/h2-3,7-10,12-13H,4-6,11H2,1H3,(H,24,27)/b10-9-. The smallest absolute Gasteiger partial charge is 0.320 e. The summed E-state index contributed by atoms with van der Waals surface area (Å²) in [6, 6.07) is 5.04. The number of alkyl halides is 3. The molecule has 0 unspecified atom stereocenters. The molecule has 0 saturated carbocycles. The van der Waals surface area contributed by atoms with Crippen molar-refractivity contribution in [2.45, 2.75) is 38.9 Å². The second kappa shape index (κ2) is 9.16. The first-order chi connectivity index (χ1) is 12.8. The molecule has 1 amide bonds. The first kappa shape index (κ1) is 20.4. The molecule has 8 heteroatoms. The fourth-order valence-electron chi connectivity index (χ4n) is 2.45. The van der Waals surface area contributed by atoms with E-state index in [9.17, 15) is 22.8 Å². The molecule has 2 aromatic rings. The van der Waals surface area contributed by atoms with E-state index >= 15 is 0 Å². The molecule has 0 radical (unpaired) electrons. The summed E-state index contributed by atoms with van der Waals surface area (Å²) in [5, 5.41) is 6.65. The summed E-state index contributed by atoms with van der Waals surface area (Å²) < 4.78 is 40.4. The van der Waals surface area contributed by atoms with Gasteiger partial charge in [-0.2, -0.15) is 18.3 Å². The number of benzene rings is 1. The molecule has 0 bridgehead atoms. The molecule has 5 nitrogen and oxygen atoms in total. The molecule has 0 aliphatic carbocycles. The van der Waals surface area contributed by atoms with Gasteiger partial charge in [-0.25, -0.2) is 0 Å². The first-order valence-electron chi connectivity index (χ1n) is 8.43. The van der Waals surface area contributed by atoms with E-state index in [1.54, 1.807) is 17.8 Å². The van der Waals surface area contributed by atoms with E-state index in [1.165, 1.54) is 24.4 Å². The number of hydrogen-bond acceptors (Lipinski definition) is 3. The molecule has 2 rings (SSSR count). The maximum atomic E-state index is 12.9. The van der Waals surface area contributed by atoms with Gasteiger partial charge in [0.05, 0.1) is 17.4 Å². The number of nitrogens with zero attached hydrogens (tertiary/aromatic N) is 2. The lowest BCUT2D eigenvalue weighted by Gasteiger charge is -2.09. The number of aromatic nitrogens is 2. The second-order valence-corrected chi connectivity index (χ2v) is 6.06. The Bertz CT molecular complexity index is 826. The van der Waals surface area contributed by atoms with E-state index in [2.05, 4.69) is 10.4 Å². The van der Waals surface area contributed by atoms with Crippen molar-refractivity contribution in [3.8, 4) is 0 Å². The molecule has 1 heterocycles. The van der Waals surface area contributed by atoms with Crippen molar-refractivity contribution in [3.63, 3.8) is 0 Å². The number of amides is 1. The van der Waals surface area contributed by atoms with Crippen LogP contribution in [-0.2, 0) is 22.3 Å². The van der Waals surface area contributed by atoms with Gasteiger partial charge in [0.2, 0.25) is 5.91 Å². The quantitative estimate of drug-likeness (QED) is 0.549. The Hall–Kier alpha value is -2.90. The Morgan fingerprint density at radius 1 is 1.22 bits per heavy atom. The van der Waals surface area contributed by atoms with Gasteiger partial charge in [-0.15, -0.1) is 0 Å². The molecule has 144 valence electrons. The summed E-state index contributed by atoms with van der Waals surface area (Å²) in [4.78, 5) is 22.8. The normalized spacial score (nSPS) is 11.7. The van der Waals surface area contributed by atoms with E-state index < -0.39 is 17.6 Å². The number of rotatable bonds is 8. The summed E-state index contributed by atoms with van der Waals surface area (Å²) >= 11 is 0. The van der Waals surface area contributed by atoms with E-state index in [1.807, 2.05) is 0 Å². The highest BCUT2D eigenvalue weighted by atomic mass is 19.4. The molecular formula is C19H20F3N3O2. The van der Waals surface area contributed by atoms with Gasteiger partial charge in [0.15, 0.2) is 0 Å². The summed E-state index contributed by atoms with van der Waals surface area (Å²) in [6.07, 6.45) is 2.85. The molecule has 1 aromatic heterocycles. The molecule has 0 saturated heterocycles.